The van der Waals surface area contributed by atoms with Crippen LogP contribution in [0.5, 0.6) is 0 Å². The molecule has 0 aliphatic carbocycles. The summed E-state index contributed by atoms with van der Waals surface area (Å²) in [6.45, 7) is -0.993. The number of aromatic nitrogens is 2. The van der Waals surface area contributed by atoms with Crippen molar-refractivity contribution in [3.8, 4) is 0 Å². The largest absolute Gasteiger partial charge is 0.790 e. The number of phosphoric acid groups is 2. The molecule has 142 valence electrons. The summed E-state index contributed by atoms with van der Waals surface area (Å²) in [6.07, 6.45) is -5.19. The molecule has 5 atom stereocenters. The molecule has 1 saturated heterocycles. The number of nitrogens with two attached hydrogens (primary N) is 1. The summed E-state index contributed by atoms with van der Waals surface area (Å²) in [5.41, 5.74) is 4.40. The van der Waals surface area contributed by atoms with Gasteiger partial charge in [-0.15, -0.1) is 0 Å². The number of ether oxygens (including phenoxy) is 1. The molecule has 1 fully saturated rings. The smallest absolute Gasteiger partial charge is 0.351 e. The van der Waals surface area contributed by atoms with Crippen molar-refractivity contribution < 1.29 is 47.6 Å². The van der Waals surface area contributed by atoms with Crippen molar-refractivity contribution in [3.05, 3.63) is 22.7 Å². The predicted molar refractivity (Wildman–Crippen MR) is 71.1 cm³/mol. The third-order valence-electron chi connectivity index (χ3n) is 3.06. The highest BCUT2D eigenvalue weighted by atomic mass is 31.3. The number of hydrogen-bond acceptors (Lipinski definition) is 13. The van der Waals surface area contributed by atoms with Gasteiger partial charge in [-0.05, 0) is 6.07 Å². The quantitative estimate of drug-likeness (QED) is 0.384. The van der Waals surface area contributed by atoms with Crippen LogP contribution in [0.25, 0.3) is 0 Å². The molecular formula is C9H12N3O11P2-3. The average Bonchev–Trinajstić information content (AvgIpc) is 2.71. The van der Waals surface area contributed by atoms with Gasteiger partial charge in [0.1, 0.15) is 24.1 Å². The number of anilines is 1. The van der Waals surface area contributed by atoms with Crippen LogP contribution in [0.3, 0.4) is 0 Å². The number of phosphoric ester groups is 1. The second-order valence-corrected chi connectivity index (χ2v) is 7.56. The van der Waals surface area contributed by atoms with Crippen molar-refractivity contribution in [1.82, 2.24) is 9.55 Å². The maximum absolute atomic E-state index is 11.7. The third-order valence-corrected chi connectivity index (χ3v) is 5.13. The molecule has 1 aromatic rings. The molecule has 25 heavy (non-hydrogen) atoms. The molecule has 0 radical (unpaired) electrons. The molecule has 2 rings (SSSR count). The molecule has 0 spiro atoms. The van der Waals surface area contributed by atoms with Gasteiger partial charge in [-0.25, -0.2) is 4.79 Å². The van der Waals surface area contributed by atoms with Crippen molar-refractivity contribution in [1.29, 1.82) is 0 Å². The molecule has 0 bridgehead atoms. The van der Waals surface area contributed by atoms with Crippen LogP contribution < -0.4 is 26.1 Å². The summed E-state index contributed by atoms with van der Waals surface area (Å²) in [7, 11) is -11.4. The van der Waals surface area contributed by atoms with Crippen LogP contribution in [0.4, 0.5) is 5.82 Å². The van der Waals surface area contributed by atoms with Gasteiger partial charge in [0.15, 0.2) is 6.23 Å². The van der Waals surface area contributed by atoms with Gasteiger partial charge in [-0.3, -0.25) is 13.4 Å². The highest BCUT2D eigenvalue weighted by Gasteiger charge is 2.44. The van der Waals surface area contributed by atoms with Gasteiger partial charge in [-0.2, -0.15) is 4.98 Å². The fourth-order valence-corrected chi connectivity index (χ4v) is 3.52. The standard InChI is InChI=1S/C9H15N3O11P2/c10-5-1-2-12(9(15)11-5)8-7(14)6(13)4(22-8)3-21-25(19,20)23-24(16,17)18/h1-2,4,6-8,13-14H,3H2,(H,19,20)(H2,10,11,15)(H2,16,17,18)/p-3/t4-,6-,7-,8-/m1/s1. The lowest BCUT2D eigenvalue weighted by Gasteiger charge is -2.35. The molecule has 4 N–H and O–H groups in total. The summed E-state index contributed by atoms with van der Waals surface area (Å²) in [5, 5.41) is 19.8. The van der Waals surface area contributed by atoms with Gasteiger partial charge < -0.3 is 44.5 Å². The van der Waals surface area contributed by atoms with E-state index in [0.717, 1.165) is 10.8 Å². The summed E-state index contributed by atoms with van der Waals surface area (Å²) in [6, 6.07) is 1.22. The summed E-state index contributed by atoms with van der Waals surface area (Å²) in [5.74, 6) is -0.0988. The van der Waals surface area contributed by atoms with Gasteiger partial charge in [0.25, 0.3) is 7.82 Å². The number of rotatable bonds is 6. The Bertz CT molecular complexity index is 778. The lowest BCUT2D eigenvalue weighted by molar-refractivity contribution is -0.339. The van der Waals surface area contributed by atoms with E-state index in [2.05, 4.69) is 13.8 Å². The summed E-state index contributed by atoms with van der Waals surface area (Å²) < 4.78 is 34.7. The predicted octanol–water partition coefficient (Wildman–Crippen LogP) is -4.22. The monoisotopic (exact) mass is 400 g/mol. The number of nitrogens with zero attached hydrogens (tertiary/aromatic N) is 2. The number of aliphatic hydroxyl groups is 2. The molecule has 1 aliphatic rings. The number of aliphatic hydroxyl groups excluding tert-OH is 2. The molecule has 0 aromatic carbocycles. The van der Waals surface area contributed by atoms with E-state index in [1.165, 1.54) is 6.07 Å². The van der Waals surface area contributed by atoms with Crippen molar-refractivity contribution in [2.75, 3.05) is 12.3 Å². The van der Waals surface area contributed by atoms with E-state index < -0.39 is 52.5 Å². The van der Waals surface area contributed by atoms with E-state index in [-0.39, 0.29) is 5.82 Å². The van der Waals surface area contributed by atoms with Crippen molar-refractivity contribution in [2.45, 2.75) is 24.5 Å². The third kappa shape index (κ3) is 5.15. The molecule has 1 aliphatic heterocycles. The van der Waals surface area contributed by atoms with Crippen LogP contribution >= 0.6 is 15.6 Å². The average molecular weight is 400 g/mol. The number of hydrogen-bond donors (Lipinski definition) is 3. The molecular weight excluding hydrogens is 388 g/mol. The second-order valence-electron chi connectivity index (χ2n) is 4.86. The van der Waals surface area contributed by atoms with E-state index in [1.807, 2.05) is 0 Å². The van der Waals surface area contributed by atoms with Crippen molar-refractivity contribution in [2.24, 2.45) is 0 Å². The Morgan fingerprint density at radius 3 is 2.52 bits per heavy atom. The molecule has 16 heteroatoms. The van der Waals surface area contributed by atoms with E-state index in [4.69, 9.17) is 10.5 Å². The first-order chi connectivity index (χ1) is 11.4. The summed E-state index contributed by atoms with van der Waals surface area (Å²) in [4.78, 5) is 46.8. The molecule has 1 unspecified atom stereocenters. The van der Waals surface area contributed by atoms with Crippen LogP contribution in [0.1, 0.15) is 6.23 Å². The van der Waals surface area contributed by atoms with Gasteiger partial charge in [0.05, 0.1) is 14.4 Å². The zero-order chi connectivity index (χ0) is 19.0. The fourth-order valence-electron chi connectivity index (χ4n) is 2.03. The van der Waals surface area contributed by atoms with Crippen molar-refractivity contribution >= 4 is 21.5 Å². The Morgan fingerprint density at radius 1 is 1.32 bits per heavy atom. The van der Waals surface area contributed by atoms with E-state index in [9.17, 15) is 38.8 Å². The Kier molecular flexibility index (Phi) is 5.81. The van der Waals surface area contributed by atoms with Crippen molar-refractivity contribution in [3.63, 3.8) is 0 Å². The lowest BCUT2D eigenvalue weighted by Crippen LogP contribution is -2.36. The molecule has 14 nitrogen and oxygen atoms in total. The Balaban J connectivity index is 2.08. The van der Waals surface area contributed by atoms with Gasteiger partial charge >= 0.3 is 5.69 Å². The zero-order valence-corrected chi connectivity index (χ0v) is 13.9. The summed E-state index contributed by atoms with van der Waals surface area (Å²) >= 11 is 0. The Labute approximate surface area is 139 Å². The van der Waals surface area contributed by atoms with Gasteiger partial charge in [-0.1, -0.05) is 0 Å². The Hall–Kier alpha value is -1.18. The minimum atomic E-state index is -5.87. The SMILES string of the molecule is Nc1ccn([C@@H]2O[C@H](COP(=O)([O-])OP(=O)([O-])[O-])[C@@H](O)[C@H]2O)c(=O)n1. The maximum atomic E-state index is 11.7. The first-order valence-corrected chi connectivity index (χ1v) is 9.37. The zero-order valence-electron chi connectivity index (χ0n) is 12.1. The second kappa shape index (κ2) is 7.21. The van der Waals surface area contributed by atoms with Crippen LogP contribution in [-0.2, 0) is 22.7 Å². The highest BCUT2D eigenvalue weighted by molar-refractivity contribution is 7.58. The first kappa shape index (κ1) is 20.1. The van der Waals surface area contributed by atoms with E-state index in [0.29, 0.717) is 0 Å². The van der Waals surface area contributed by atoms with Crippen LogP contribution in [0, 0.1) is 0 Å². The first-order valence-electron chi connectivity index (χ1n) is 6.45. The minimum Gasteiger partial charge on any atom is -0.790 e. The van der Waals surface area contributed by atoms with Gasteiger partial charge in [0, 0.05) is 6.20 Å². The van der Waals surface area contributed by atoms with Gasteiger partial charge in [0.2, 0.25) is 0 Å². The molecule has 0 amide bonds. The van der Waals surface area contributed by atoms with Crippen LogP contribution in [0.15, 0.2) is 17.1 Å². The lowest BCUT2D eigenvalue weighted by atomic mass is 10.1. The van der Waals surface area contributed by atoms with E-state index in [1.54, 1.807) is 0 Å². The molecule has 1 aromatic heterocycles. The normalized spacial score (nSPS) is 29.5. The molecule has 2 heterocycles. The Morgan fingerprint density at radius 2 is 1.96 bits per heavy atom. The minimum absolute atomic E-state index is 0.0988. The fraction of sp³-hybridized carbons (Fsp3) is 0.556. The topological polar surface area (TPSA) is 232 Å². The highest BCUT2D eigenvalue weighted by Crippen LogP contribution is 2.50. The van der Waals surface area contributed by atoms with E-state index >= 15 is 0 Å². The van der Waals surface area contributed by atoms with Crippen LogP contribution in [-0.4, -0.2) is 44.7 Å². The number of nitrogen functional groups attached to an aromatic ring is 1. The molecule has 0 saturated carbocycles. The maximum Gasteiger partial charge on any atom is 0.351 e. The van der Waals surface area contributed by atoms with Crippen LogP contribution in [0.2, 0.25) is 0 Å².